The van der Waals surface area contributed by atoms with Crippen molar-refractivity contribution in [2.45, 2.75) is 57.9 Å². The number of hydrogen-bond acceptors (Lipinski definition) is 5. The second kappa shape index (κ2) is 6.89. The van der Waals surface area contributed by atoms with Crippen LogP contribution in [0.25, 0.3) is 0 Å². The van der Waals surface area contributed by atoms with Crippen LogP contribution in [0.3, 0.4) is 0 Å². The van der Waals surface area contributed by atoms with Gasteiger partial charge < -0.3 is 4.74 Å². The van der Waals surface area contributed by atoms with Crippen LogP contribution in [0.5, 0.6) is 0 Å². The quantitative estimate of drug-likeness (QED) is 0.820. The van der Waals surface area contributed by atoms with Crippen molar-refractivity contribution in [1.29, 1.82) is 0 Å². The number of nitrogens with zero attached hydrogens (tertiary/aromatic N) is 3. The van der Waals surface area contributed by atoms with Gasteiger partial charge in [-0.1, -0.05) is 13.8 Å². The van der Waals surface area contributed by atoms with Crippen molar-refractivity contribution >= 4 is 9.84 Å². The van der Waals surface area contributed by atoms with Crippen LogP contribution < -0.4 is 0 Å². The van der Waals surface area contributed by atoms with E-state index in [4.69, 9.17) is 14.8 Å². The Kier molecular flexibility index (Phi) is 5.06. The first-order valence-electron chi connectivity index (χ1n) is 8.68. The first-order chi connectivity index (χ1) is 10.9. The number of sulfone groups is 1. The molecule has 0 radical (unpaired) electrons. The summed E-state index contributed by atoms with van der Waals surface area (Å²) in [6.07, 6.45) is 4.48. The summed E-state index contributed by atoms with van der Waals surface area (Å²) in [4.78, 5) is 4.80. The minimum atomic E-state index is -2.92. The molecule has 1 unspecified atom stereocenters. The Hall–Kier alpha value is -0.950. The molecule has 0 aliphatic carbocycles. The van der Waals surface area contributed by atoms with Crippen LogP contribution in [-0.4, -0.2) is 47.9 Å². The molecule has 1 aromatic heterocycles. The summed E-state index contributed by atoms with van der Waals surface area (Å²) in [5.74, 6) is 3.27. The molecule has 7 heteroatoms. The van der Waals surface area contributed by atoms with Gasteiger partial charge in [0.1, 0.15) is 5.82 Å². The SMILES string of the molecule is CC(C)CCc1nc(C2CCOCC2)nn1C1CCS(=O)(=O)C1. The van der Waals surface area contributed by atoms with Gasteiger partial charge in [-0.3, -0.25) is 0 Å². The molecule has 23 heavy (non-hydrogen) atoms. The van der Waals surface area contributed by atoms with Crippen molar-refractivity contribution in [3.8, 4) is 0 Å². The molecule has 2 aliphatic rings. The lowest BCUT2D eigenvalue weighted by molar-refractivity contribution is 0.0835. The maximum absolute atomic E-state index is 11.8. The zero-order valence-corrected chi connectivity index (χ0v) is 14.9. The average molecular weight is 341 g/mol. The molecule has 0 N–H and O–H groups in total. The zero-order chi connectivity index (χ0) is 16.4. The molecule has 0 saturated carbocycles. The third-order valence-corrected chi connectivity index (χ3v) is 6.55. The van der Waals surface area contributed by atoms with E-state index in [1.165, 1.54) is 0 Å². The van der Waals surface area contributed by atoms with Gasteiger partial charge in [0.2, 0.25) is 0 Å². The standard InChI is InChI=1S/C16H27N3O3S/c1-12(2)3-4-15-17-16(13-5-8-22-9-6-13)18-19(15)14-7-10-23(20,21)11-14/h12-14H,3-11H2,1-2H3. The number of rotatable bonds is 5. The predicted octanol–water partition coefficient (Wildman–Crippen LogP) is 2.12. The van der Waals surface area contributed by atoms with Crippen LogP contribution in [0.15, 0.2) is 0 Å². The Morgan fingerprint density at radius 3 is 2.61 bits per heavy atom. The second-order valence-electron chi connectivity index (χ2n) is 7.21. The maximum Gasteiger partial charge on any atom is 0.154 e. The molecular weight excluding hydrogens is 314 g/mol. The molecule has 0 bridgehead atoms. The highest BCUT2D eigenvalue weighted by Crippen LogP contribution is 2.29. The van der Waals surface area contributed by atoms with E-state index in [2.05, 4.69) is 13.8 Å². The molecule has 2 saturated heterocycles. The van der Waals surface area contributed by atoms with Crippen LogP contribution in [0.4, 0.5) is 0 Å². The van der Waals surface area contributed by atoms with E-state index in [0.29, 0.717) is 18.3 Å². The summed E-state index contributed by atoms with van der Waals surface area (Å²) in [5.41, 5.74) is 0. The van der Waals surface area contributed by atoms with Gasteiger partial charge in [0.15, 0.2) is 15.7 Å². The normalized spacial score (nSPS) is 25.3. The van der Waals surface area contributed by atoms with Crippen LogP contribution in [0.2, 0.25) is 0 Å². The second-order valence-corrected chi connectivity index (χ2v) is 9.44. The number of aromatic nitrogens is 3. The van der Waals surface area contributed by atoms with E-state index >= 15 is 0 Å². The summed E-state index contributed by atoms with van der Waals surface area (Å²) in [7, 11) is -2.92. The number of aryl methyl sites for hydroxylation is 1. The highest BCUT2D eigenvalue weighted by molar-refractivity contribution is 7.91. The van der Waals surface area contributed by atoms with Gasteiger partial charge in [-0.05, 0) is 31.6 Å². The Morgan fingerprint density at radius 2 is 2.00 bits per heavy atom. The van der Waals surface area contributed by atoms with Crippen molar-refractivity contribution in [3.63, 3.8) is 0 Å². The predicted molar refractivity (Wildman–Crippen MR) is 88.3 cm³/mol. The highest BCUT2D eigenvalue weighted by atomic mass is 32.2. The van der Waals surface area contributed by atoms with Crippen molar-refractivity contribution in [2.75, 3.05) is 24.7 Å². The summed E-state index contributed by atoms with van der Waals surface area (Å²) >= 11 is 0. The smallest absolute Gasteiger partial charge is 0.154 e. The van der Waals surface area contributed by atoms with E-state index in [1.807, 2.05) is 4.68 Å². The Morgan fingerprint density at radius 1 is 1.26 bits per heavy atom. The average Bonchev–Trinajstić information content (AvgIpc) is 3.09. The monoisotopic (exact) mass is 341 g/mol. The van der Waals surface area contributed by atoms with Gasteiger partial charge in [0.05, 0.1) is 17.5 Å². The van der Waals surface area contributed by atoms with Crippen LogP contribution in [0, 0.1) is 5.92 Å². The first-order valence-corrected chi connectivity index (χ1v) is 10.5. The summed E-state index contributed by atoms with van der Waals surface area (Å²) in [6, 6.07) is -0.0387. The van der Waals surface area contributed by atoms with Gasteiger partial charge in [0, 0.05) is 25.6 Å². The largest absolute Gasteiger partial charge is 0.381 e. The Labute approximate surface area is 138 Å². The minimum Gasteiger partial charge on any atom is -0.381 e. The fourth-order valence-electron chi connectivity index (χ4n) is 3.35. The Balaban J connectivity index is 1.84. The third-order valence-electron chi connectivity index (χ3n) is 4.80. The van der Waals surface area contributed by atoms with Crippen molar-refractivity contribution in [1.82, 2.24) is 14.8 Å². The van der Waals surface area contributed by atoms with Crippen molar-refractivity contribution < 1.29 is 13.2 Å². The molecule has 130 valence electrons. The highest BCUT2D eigenvalue weighted by Gasteiger charge is 2.32. The van der Waals surface area contributed by atoms with E-state index < -0.39 is 9.84 Å². The lowest BCUT2D eigenvalue weighted by atomic mass is 10.00. The summed E-state index contributed by atoms with van der Waals surface area (Å²) < 4.78 is 31.0. The van der Waals surface area contributed by atoms with Gasteiger partial charge in [-0.25, -0.2) is 18.1 Å². The van der Waals surface area contributed by atoms with Crippen LogP contribution in [0.1, 0.15) is 63.1 Å². The van der Waals surface area contributed by atoms with E-state index in [-0.39, 0.29) is 17.5 Å². The molecule has 3 rings (SSSR count). The van der Waals surface area contributed by atoms with Gasteiger partial charge in [-0.2, -0.15) is 5.10 Å². The molecular formula is C16H27N3O3S. The van der Waals surface area contributed by atoms with Crippen LogP contribution in [-0.2, 0) is 21.0 Å². The Bertz CT molecular complexity index is 633. The van der Waals surface area contributed by atoms with Crippen LogP contribution >= 0.6 is 0 Å². The van der Waals surface area contributed by atoms with E-state index in [9.17, 15) is 8.42 Å². The number of hydrogen-bond donors (Lipinski definition) is 0. The van der Waals surface area contributed by atoms with Gasteiger partial charge in [0.25, 0.3) is 0 Å². The fraction of sp³-hybridized carbons (Fsp3) is 0.875. The molecule has 0 aromatic carbocycles. The lowest BCUT2D eigenvalue weighted by Crippen LogP contribution is -2.17. The lowest BCUT2D eigenvalue weighted by Gasteiger charge is -2.19. The van der Waals surface area contributed by atoms with Crippen molar-refractivity contribution in [3.05, 3.63) is 11.6 Å². The van der Waals surface area contributed by atoms with Gasteiger partial charge in [-0.15, -0.1) is 0 Å². The summed E-state index contributed by atoms with van der Waals surface area (Å²) in [5, 5.41) is 4.74. The minimum absolute atomic E-state index is 0.0387. The molecule has 1 atom stereocenters. The third kappa shape index (κ3) is 4.12. The zero-order valence-electron chi connectivity index (χ0n) is 14.1. The topological polar surface area (TPSA) is 74.1 Å². The maximum atomic E-state index is 11.8. The van der Waals surface area contributed by atoms with Gasteiger partial charge >= 0.3 is 0 Å². The molecule has 0 spiro atoms. The molecule has 3 heterocycles. The van der Waals surface area contributed by atoms with E-state index in [1.54, 1.807) is 0 Å². The summed E-state index contributed by atoms with van der Waals surface area (Å²) in [6.45, 7) is 5.91. The molecule has 1 aromatic rings. The number of ether oxygens (including phenoxy) is 1. The van der Waals surface area contributed by atoms with Crippen molar-refractivity contribution in [2.24, 2.45) is 5.92 Å². The molecule has 2 aliphatic heterocycles. The van der Waals surface area contributed by atoms with E-state index in [0.717, 1.165) is 50.5 Å². The first kappa shape index (κ1) is 16.9. The molecule has 0 amide bonds. The fourth-order valence-corrected chi connectivity index (χ4v) is 5.04. The molecule has 2 fully saturated rings. The molecule has 6 nitrogen and oxygen atoms in total.